The molecule has 10 heteroatoms. The standard InChI is InChI=1S/C19H30N6O4/c1-11(2)8-13(10-16(26)25-29)17(27)24-15(18(28)22-3)9-12-4-6-14(7-5-12)23-19(20)21/h4-7,11,13,15,29H,8-10H2,1-3H3,(H,22,28)(H,24,27)(H,25,26)(H4,20,21,23)/t13-,15+/m1/s1. The highest BCUT2D eigenvalue weighted by molar-refractivity contribution is 5.90. The molecule has 160 valence electrons. The summed E-state index contributed by atoms with van der Waals surface area (Å²) in [5.74, 6) is -2.01. The molecule has 29 heavy (non-hydrogen) atoms. The Morgan fingerprint density at radius 2 is 1.72 bits per heavy atom. The van der Waals surface area contributed by atoms with Gasteiger partial charge in [-0.3, -0.25) is 19.6 Å². The van der Waals surface area contributed by atoms with Crippen LogP contribution in [0.1, 0.15) is 32.3 Å². The first-order valence-corrected chi connectivity index (χ1v) is 9.29. The van der Waals surface area contributed by atoms with Crippen molar-refractivity contribution in [1.29, 1.82) is 0 Å². The van der Waals surface area contributed by atoms with Crippen LogP contribution in [0.15, 0.2) is 29.3 Å². The largest absolute Gasteiger partial charge is 0.370 e. The van der Waals surface area contributed by atoms with Gasteiger partial charge in [-0.2, -0.15) is 0 Å². The van der Waals surface area contributed by atoms with Gasteiger partial charge in [-0.1, -0.05) is 26.0 Å². The summed E-state index contributed by atoms with van der Waals surface area (Å²) < 4.78 is 0. The number of amides is 3. The van der Waals surface area contributed by atoms with Gasteiger partial charge in [0.25, 0.3) is 0 Å². The number of hydrogen-bond acceptors (Lipinski definition) is 5. The molecule has 0 aliphatic carbocycles. The minimum atomic E-state index is -0.826. The van der Waals surface area contributed by atoms with Crippen molar-refractivity contribution in [3.63, 3.8) is 0 Å². The second-order valence-corrected chi connectivity index (χ2v) is 7.15. The number of carbonyl (C=O) groups excluding carboxylic acids is 3. The number of guanidine groups is 1. The molecular weight excluding hydrogens is 376 g/mol. The number of nitrogens with two attached hydrogens (primary N) is 2. The van der Waals surface area contributed by atoms with Crippen LogP contribution in [0.25, 0.3) is 0 Å². The topological polar surface area (TPSA) is 172 Å². The second kappa shape index (κ2) is 11.6. The summed E-state index contributed by atoms with van der Waals surface area (Å²) >= 11 is 0. The SMILES string of the molecule is CNC(=O)[C@H](Cc1ccc(N=C(N)N)cc1)NC(=O)[C@@H](CC(=O)NO)CC(C)C. The van der Waals surface area contributed by atoms with Gasteiger partial charge in [0.2, 0.25) is 17.7 Å². The van der Waals surface area contributed by atoms with E-state index in [9.17, 15) is 14.4 Å². The van der Waals surface area contributed by atoms with Crippen molar-refractivity contribution in [2.45, 2.75) is 39.2 Å². The molecule has 0 saturated heterocycles. The number of likely N-dealkylation sites (N-methyl/N-ethyl adjacent to an activating group) is 1. The van der Waals surface area contributed by atoms with Crippen molar-refractivity contribution in [3.8, 4) is 0 Å². The molecular formula is C19H30N6O4. The Morgan fingerprint density at radius 1 is 1.10 bits per heavy atom. The number of nitrogens with one attached hydrogen (secondary N) is 3. The van der Waals surface area contributed by atoms with Crippen molar-refractivity contribution in [1.82, 2.24) is 16.1 Å². The van der Waals surface area contributed by atoms with E-state index in [0.717, 1.165) is 5.56 Å². The lowest BCUT2D eigenvalue weighted by Crippen LogP contribution is -2.49. The van der Waals surface area contributed by atoms with Crippen LogP contribution in [0.4, 0.5) is 5.69 Å². The first-order valence-electron chi connectivity index (χ1n) is 9.29. The second-order valence-electron chi connectivity index (χ2n) is 7.15. The molecule has 0 radical (unpaired) electrons. The van der Waals surface area contributed by atoms with E-state index in [-0.39, 0.29) is 30.6 Å². The van der Waals surface area contributed by atoms with Crippen molar-refractivity contribution in [3.05, 3.63) is 29.8 Å². The van der Waals surface area contributed by atoms with Gasteiger partial charge in [0.15, 0.2) is 5.96 Å². The zero-order valence-corrected chi connectivity index (χ0v) is 16.9. The van der Waals surface area contributed by atoms with E-state index in [4.69, 9.17) is 16.7 Å². The van der Waals surface area contributed by atoms with Crippen LogP contribution in [0.2, 0.25) is 0 Å². The Balaban J connectivity index is 2.93. The molecule has 0 aliphatic heterocycles. The number of hydrogen-bond donors (Lipinski definition) is 6. The Morgan fingerprint density at radius 3 is 2.21 bits per heavy atom. The molecule has 1 aromatic rings. The molecule has 0 spiro atoms. The smallest absolute Gasteiger partial charge is 0.244 e. The van der Waals surface area contributed by atoms with E-state index in [0.29, 0.717) is 12.1 Å². The summed E-state index contributed by atoms with van der Waals surface area (Å²) in [6, 6.07) is 6.09. The lowest BCUT2D eigenvalue weighted by Gasteiger charge is -2.22. The normalized spacial score (nSPS) is 12.6. The minimum absolute atomic E-state index is 0.0589. The molecule has 1 aromatic carbocycles. The molecule has 2 atom stereocenters. The highest BCUT2D eigenvalue weighted by Gasteiger charge is 2.27. The third kappa shape index (κ3) is 8.60. The average molecular weight is 406 g/mol. The summed E-state index contributed by atoms with van der Waals surface area (Å²) in [5.41, 5.74) is 13.6. The first-order chi connectivity index (χ1) is 13.7. The lowest BCUT2D eigenvalue weighted by molar-refractivity contribution is -0.136. The summed E-state index contributed by atoms with van der Waals surface area (Å²) in [4.78, 5) is 40.5. The molecule has 3 amide bonds. The predicted octanol–water partition coefficient (Wildman–Crippen LogP) is -0.0774. The molecule has 0 bridgehead atoms. The number of carbonyl (C=O) groups is 3. The van der Waals surface area contributed by atoms with E-state index in [2.05, 4.69) is 15.6 Å². The molecule has 8 N–H and O–H groups in total. The van der Waals surface area contributed by atoms with Crippen molar-refractivity contribution in [2.24, 2.45) is 28.3 Å². The first kappa shape index (κ1) is 23.9. The summed E-state index contributed by atoms with van der Waals surface area (Å²) in [5, 5.41) is 14.0. The molecule has 0 fully saturated rings. The van der Waals surface area contributed by atoms with E-state index in [1.54, 1.807) is 29.7 Å². The van der Waals surface area contributed by atoms with Crippen LogP contribution in [0, 0.1) is 11.8 Å². The van der Waals surface area contributed by atoms with E-state index in [1.165, 1.54) is 7.05 Å². The maximum atomic E-state index is 12.7. The quantitative estimate of drug-likeness (QED) is 0.137. The van der Waals surface area contributed by atoms with Crippen LogP contribution in [-0.2, 0) is 20.8 Å². The zero-order chi connectivity index (χ0) is 22.0. The fourth-order valence-electron chi connectivity index (χ4n) is 2.89. The van der Waals surface area contributed by atoms with Crippen LogP contribution in [-0.4, -0.2) is 42.0 Å². The van der Waals surface area contributed by atoms with Gasteiger partial charge in [0, 0.05) is 25.8 Å². The Hall–Kier alpha value is -3.14. The van der Waals surface area contributed by atoms with Gasteiger partial charge in [-0.25, -0.2) is 10.5 Å². The monoisotopic (exact) mass is 406 g/mol. The van der Waals surface area contributed by atoms with Gasteiger partial charge in [0.1, 0.15) is 6.04 Å². The summed E-state index contributed by atoms with van der Waals surface area (Å²) in [7, 11) is 1.48. The predicted molar refractivity (Wildman–Crippen MR) is 109 cm³/mol. The number of rotatable bonds is 10. The highest BCUT2D eigenvalue weighted by Crippen LogP contribution is 2.17. The highest BCUT2D eigenvalue weighted by atomic mass is 16.5. The molecule has 0 unspecified atom stereocenters. The zero-order valence-electron chi connectivity index (χ0n) is 16.9. The van der Waals surface area contributed by atoms with Gasteiger partial charge >= 0.3 is 0 Å². The van der Waals surface area contributed by atoms with Crippen LogP contribution in [0.5, 0.6) is 0 Å². The number of aliphatic imine (C=N–C) groups is 1. The lowest BCUT2D eigenvalue weighted by atomic mass is 9.92. The maximum absolute atomic E-state index is 12.7. The summed E-state index contributed by atoms with van der Waals surface area (Å²) in [6.45, 7) is 3.84. The molecule has 1 rings (SSSR count). The number of benzene rings is 1. The summed E-state index contributed by atoms with van der Waals surface area (Å²) in [6.07, 6.45) is 0.509. The third-order valence-corrected chi connectivity index (χ3v) is 4.20. The third-order valence-electron chi connectivity index (χ3n) is 4.20. The number of nitrogens with zero attached hydrogens (tertiary/aromatic N) is 1. The van der Waals surface area contributed by atoms with Crippen molar-refractivity contribution < 1.29 is 19.6 Å². The maximum Gasteiger partial charge on any atom is 0.244 e. The van der Waals surface area contributed by atoms with Crippen molar-refractivity contribution >= 4 is 29.4 Å². The fourth-order valence-corrected chi connectivity index (χ4v) is 2.89. The minimum Gasteiger partial charge on any atom is -0.370 e. The molecule has 0 aromatic heterocycles. The fraction of sp³-hybridized carbons (Fsp3) is 0.474. The Bertz CT molecular complexity index is 729. The Kier molecular flexibility index (Phi) is 9.60. The van der Waals surface area contributed by atoms with Crippen molar-refractivity contribution in [2.75, 3.05) is 7.05 Å². The van der Waals surface area contributed by atoms with Gasteiger partial charge < -0.3 is 22.1 Å². The molecule has 0 saturated carbocycles. The Labute approximate surface area is 170 Å². The van der Waals surface area contributed by atoms with Crippen LogP contribution in [0.3, 0.4) is 0 Å². The van der Waals surface area contributed by atoms with E-state index >= 15 is 0 Å². The van der Waals surface area contributed by atoms with Gasteiger partial charge in [-0.05, 0) is 30.0 Å². The van der Waals surface area contributed by atoms with E-state index in [1.807, 2.05) is 13.8 Å². The van der Waals surface area contributed by atoms with Crippen LogP contribution >= 0.6 is 0 Å². The van der Waals surface area contributed by atoms with E-state index < -0.39 is 23.8 Å². The van der Waals surface area contributed by atoms with Gasteiger partial charge in [-0.15, -0.1) is 0 Å². The van der Waals surface area contributed by atoms with Gasteiger partial charge in [0.05, 0.1) is 5.69 Å². The molecule has 0 heterocycles. The molecule has 10 nitrogen and oxygen atoms in total. The number of hydroxylamine groups is 1. The average Bonchev–Trinajstić information content (AvgIpc) is 2.66. The van der Waals surface area contributed by atoms with Crippen LogP contribution < -0.4 is 27.6 Å². The molecule has 0 aliphatic rings.